The molecule has 0 unspecified atom stereocenters. The van der Waals surface area contributed by atoms with Gasteiger partial charge in [0.15, 0.2) is 8.32 Å². The Bertz CT molecular complexity index is 1070. The molecule has 0 spiro atoms. The Balaban J connectivity index is 1.91. The number of halogens is 1. The number of imidazole rings is 1. The average molecular weight is 473 g/mol. The molecular formula is C25H37ClN4OSi. The lowest BCUT2D eigenvalue weighted by Gasteiger charge is -2.36. The Kier molecular flexibility index (Phi) is 7.50. The molecule has 0 radical (unpaired) electrons. The third-order valence-electron chi connectivity index (χ3n) is 6.48. The van der Waals surface area contributed by atoms with Crippen LogP contribution in [-0.4, -0.2) is 48.3 Å². The molecule has 3 aromatic rings. The van der Waals surface area contributed by atoms with Gasteiger partial charge < -0.3 is 9.33 Å². The molecule has 3 rings (SSSR count). The first kappa shape index (κ1) is 24.9. The van der Waals surface area contributed by atoms with Crippen LogP contribution in [0.3, 0.4) is 0 Å². The fraction of sp³-hybridized carbons (Fsp3) is 0.520. The molecule has 0 aliphatic carbocycles. The van der Waals surface area contributed by atoms with Crippen molar-refractivity contribution in [2.75, 3.05) is 20.7 Å². The largest absolute Gasteiger partial charge is 0.417 e. The van der Waals surface area contributed by atoms with E-state index in [2.05, 4.69) is 93.4 Å². The summed E-state index contributed by atoms with van der Waals surface area (Å²) in [7, 11) is 2.39. The van der Waals surface area contributed by atoms with Crippen molar-refractivity contribution in [3.05, 3.63) is 53.2 Å². The van der Waals surface area contributed by atoms with Crippen molar-refractivity contribution in [3.8, 4) is 11.3 Å². The number of rotatable bonds is 8. The van der Waals surface area contributed by atoms with Gasteiger partial charge in [-0.3, -0.25) is 4.40 Å². The molecule has 0 saturated carbocycles. The van der Waals surface area contributed by atoms with E-state index in [-0.39, 0.29) is 11.0 Å². The first-order valence-electron chi connectivity index (χ1n) is 11.3. The second-order valence-electron chi connectivity index (χ2n) is 10.5. The van der Waals surface area contributed by atoms with E-state index in [1.807, 2.05) is 12.4 Å². The molecule has 1 aromatic carbocycles. The van der Waals surface area contributed by atoms with Crippen LogP contribution in [0.5, 0.6) is 0 Å². The Morgan fingerprint density at radius 3 is 2.59 bits per heavy atom. The summed E-state index contributed by atoms with van der Waals surface area (Å²) >= 11 is 6.26. The summed E-state index contributed by atoms with van der Waals surface area (Å²) < 4.78 is 8.52. The molecule has 32 heavy (non-hydrogen) atoms. The molecule has 2 heterocycles. The Hall–Kier alpha value is -1.73. The number of fused-ring (bicyclic) bond motifs is 1. The lowest BCUT2D eigenvalue weighted by Crippen LogP contribution is -2.41. The summed E-state index contributed by atoms with van der Waals surface area (Å²) in [5, 5.41) is 0.675. The van der Waals surface area contributed by atoms with Crippen molar-refractivity contribution in [2.24, 2.45) is 0 Å². The zero-order chi connectivity index (χ0) is 23.7. The van der Waals surface area contributed by atoms with E-state index in [0.717, 1.165) is 42.2 Å². The minimum Gasteiger partial charge on any atom is -0.417 e. The fourth-order valence-corrected chi connectivity index (χ4v) is 4.77. The third-order valence-corrected chi connectivity index (χ3v) is 11.2. The van der Waals surface area contributed by atoms with Crippen LogP contribution in [0.15, 0.2) is 36.7 Å². The molecule has 2 aromatic heterocycles. The maximum absolute atomic E-state index is 6.42. The van der Waals surface area contributed by atoms with Crippen LogP contribution in [0.2, 0.25) is 23.3 Å². The van der Waals surface area contributed by atoms with Gasteiger partial charge in [0.05, 0.1) is 17.4 Å². The van der Waals surface area contributed by atoms with Crippen LogP contribution in [-0.2, 0) is 11.0 Å². The summed E-state index contributed by atoms with van der Waals surface area (Å²) in [6, 6.07) is 8.58. The van der Waals surface area contributed by atoms with Crippen molar-refractivity contribution < 1.29 is 4.43 Å². The highest BCUT2D eigenvalue weighted by Crippen LogP contribution is 2.37. The Labute approximate surface area is 198 Å². The van der Waals surface area contributed by atoms with Crippen molar-refractivity contribution in [3.63, 3.8) is 0 Å². The van der Waals surface area contributed by atoms with E-state index < -0.39 is 8.32 Å². The predicted octanol–water partition coefficient (Wildman–Crippen LogP) is 6.63. The highest BCUT2D eigenvalue weighted by atomic mass is 35.5. The van der Waals surface area contributed by atoms with Crippen molar-refractivity contribution in [1.82, 2.24) is 19.3 Å². The number of aromatic nitrogens is 3. The molecule has 0 bridgehead atoms. The highest BCUT2D eigenvalue weighted by Gasteiger charge is 2.37. The van der Waals surface area contributed by atoms with Crippen LogP contribution in [0, 0.1) is 0 Å². The summed E-state index contributed by atoms with van der Waals surface area (Å²) in [4.78, 5) is 11.6. The molecule has 0 aliphatic heterocycles. The number of nitrogens with zero attached hydrogens (tertiary/aromatic N) is 4. The lowest BCUT2D eigenvalue weighted by atomic mass is 10.1. The Morgan fingerprint density at radius 2 is 1.94 bits per heavy atom. The summed E-state index contributed by atoms with van der Waals surface area (Å²) in [5.41, 5.74) is 4.28. The van der Waals surface area contributed by atoms with Crippen LogP contribution < -0.4 is 0 Å². The minimum atomic E-state index is -1.76. The highest BCUT2D eigenvalue weighted by molar-refractivity contribution is 6.74. The molecule has 0 saturated heterocycles. The fourth-order valence-electron chi connectivity index (χ4n) is 3.56. The van der Waals surface area contributed by atoms with Gasteiger partial charge in [0.2, 0.25) is 0 Å². The molecule has 1 atom stereocenters. The number of hydrogen-bond acceptors (Lipinski definition) is 4. The summed E-state index contributed by atoms with van der Waals surface area (Å²) in [5.74, 6) is 1.22. The van der Waals surface area contributed by atoms with Gasteiger partial charge in [-0.15, -0.1) is 0 Å². The predicted molar refractivity (Wildman–Crippen MR) is 137 cm³/mol. The van der Waals surface area contributed by atoms with Gasteiger partial charge in [-0.2, -0.15) is 0 Å². The topological polar surface area (TPSA) is 42.7 Å². The van der Waals surface area contributed by atoms with E-state index >= 15 is 0 Å². The number of benzene rings is 1. The van der Waals surface area contributed by atoms with Gasteiger partial charge in [0.1, 0.15) is 11.0 Å². The first-order chi connectivity index (χ1) is 14.9. The van der Waals surface area contributed by atoms with Gasteiger partial charge in [-0.05, 0) is 50.3 Å². The van der Waals surface area contributed by atoms with Gasteiger partial charge in [0.25, 0.3) is 0 Å². The molecule has 0 fully saturated rings. The van der Waals surface area contributed by atoms with Gasteiger partial charge in [-0.1, -0.05) is 57.5 Å². The zero-order valence-corrected chi connectivity index (χ0v) is 22.5. The van der Waals surface area contributed by atoms with Crippen LogP contribution in [0.25, 0.3) is 16.8 Å². The molecule has 0 amide bonds. The van der Waals surface area contributed by atoms with Crippen molar-refractivity contribution >= 4 is 25.4 Å². The monoisotopic (exact) mass is 472 g/mol. The second kappa shape index (κ2) is 9.63. The van der Waals surface area contributed by atoms with E-state index in [1.54, 1.807) is 0 Å². The SMILES string of the molecule is C[C@@H](CCO[Si](C)(C)C(C)(C)C)c1nc(-c2cccc(CN(C)C)c2)c2cnc(Cl)cn12. The molecule has 0 aliphatic rings. The van der Waals surface area contributed by atoms with Gasteiger partial charge in [-0.25, -0.2) is 9.97 Å². The van der Waals surface area contributed by atoms with E-state index in [4.69, 9.17) is 21.0 Å². The summed E-state index contributed by atoms with van der Waals surface area (Å²) in [6.07, 6.45) is 4.61. The quantitative estimate of drug-likeness (QED) is 0.345. The van der Waals surface area contributed by atoms with Crippen molar-refractivity contribution in [2.45, 2.75) is 64.7 Å². The van der Waals surface area contributed by atoms with Crippen LogP contribution >= 0.6 is 11.6 Å². The minimum absolute atomic E-state index is 0.209. The second-order valence-corrected chi connectivity index (χ2v) is 15.7. The van der Waals surface area contributed by atoms with E-state index in [1.165, 1.54) is 5.56 Å². The van der Waals surface area contributed by atoms with Gasteiger partial charge in [0, 0.05) is 30.8 Å². The van der Waals surface area contributed by atoms with Crippen LogP contribution in [0.1, 0.15) is 51.4 Å². The summed E-state index contributed by atoms with van der Waals surface area (Å²) in [6.45, 7) is 15.3. The average Bonchev–Trinajstić information content (AvgIpc) is 3.05. The molecule has 7 heteroatoms. The Morgan fingerprint density at radius 1 is 1.22 bits per heavy atom. The maximum atomic E-state index is 6.42. The van der Waals surface area contributed by atoms with Gasteiger partial charge >= 0.3 is 0 Å². The molecule has 5 nitrogen and oxygen atoms in total. The zero-order valence-electron chi connectivity index (χ0n) is 20.7. The molecular weight excluding hydrogens is 436 g/mol. The standard InChI is InChI=1S/C25H37ClN4OSi/c1-18(12-13-31-32(7,8)25(2,3)4)24-28-23(21-15-27-22(26)17-30(21)24)20-11-9-10-19(14-20)16-29(5)6/h9-11,14-15,17-18H,12-13,16H2,1-8H3/t18-/m0/s1. The maximum Gasteiger partial charge on any atom is 0.191 e. The van der Waals surface area contributed by atoms with E-state index in [0.29, 0.717) is 5.15 Å². The molecule has 0 N–H and O–H groups in total. The molecule has 174 valence electrons. The number of hydrogen-bond donors (Lipinski definition) is 0. The smallest absolute Gasteiger partial charge is 0.191 e. The van der Waals surface area contributed by atoms with E-state index in [9.17, 15) is 0 Å². The normalized spacial score (nSPS) is 13.8. The van der Waals surface area contributed by atoms with Crippen molar-refractivity contribution in [1.29, 1.82) is 0 Å². The third kappa shape index (κ3) is 5.60. The lowest BCUT2D eigenvalue weighted by molar-refractivity contribution is 0.272. The van der Waals surface area contributed by atoms with Crippen LogP contribution in [0.4, 0.5) is 0 Å². The first-order valence-corrected chi connectivity index (χ1v) is 14.6.